The van der Waals surface area contributed by atoms with Crippen molar-refractivity contribution in [3.8, 4) is 0 Å². The van der Waals surface area contributed by atoms with Crippen LogP contribution in [0.25, 0.3) is 0 Å². The Bertz CT molecular complexity index is 418. The highest BCUT2D eigenvalue weighted by Gasteiger charge is 2.24. The molecular formula is C17H29NO. The molecule has 1 rings (SSSR count). The molecule has 2 atom stereocenters. The summed E-state index contributed by atoms with van der Waals surface area (Å²) < 4.78 is 0. The van der Waals surface area contributed by atoms with Gasteiger partial charge in [0.15, 0.2) is 0 Å². The third-order valence-corrected chi connectivity index (χ3v) is 3.85. The third kappa shape index (κ3) is 3.80. The first kappa shape index (κ1) is 16.2. The van der Waals surface area contributed by atoms with Crippen molar-refractivity contribution in [2.45, 2.75) is 46.1 Å². The van der Waals surface area contributed by atoms with Gasteiger partial charge in [-0.05, 0) is 49.0 Å². The van der Waals surface area contributed by atoms with E-state index in [4.69, 9.17) is 0 Å². The molecule has 1 N–H and O–H groups in total. The largest absolute Gasteiger partial charge is 0.396 e. The lowest BCUT2D eigenvalue weighted by Crippen LogP contribution is -2.29. The molecule has 0 heterocycles. The molecule has 0 aliphatic carbocycles. The molecule has 1 aromatic rings. The topological polar surface area (TPSA) is 23.5 Å². The van der Waals surface area contributed by atoms with E-state index >= 15 is 0 Å². The Morgan fingerprint density at radius 3 is 2.21 bits per heavy atom. The molecule has 2 nitrogen and oxygen atoms in total. The molecule has 1 aromatic carbocycles. The number of hydrogen-bond acceptors (Lipinski definition) is 2. The van der Waals surface area contributed by atoms with Crippen LogP contribution in [0, 0.1) is 12.8 Å². The molecule has 19 heavy (non-hydrogen) atoms. The standard InChI is InChI=1S/C17H29NO/c1-12-8-9-14(17(3,4)5)10-15(12)16(18(6)7)13(2)11-19/h8-10,13,16,19H,11H2,1-7H3. The second-order valence-corrected chi connectivity index (χ2v) is 6.89. The van der Waals surface area contributed by atoms with E-state index in [0.29, 0.717) is 0 Å². The summed E-state index contributed by atoms with van der Waals surface area (Å²) in [5, 5.41) is 9.51. The van der Waals surface area contributed by atoms with Gasteiger partial charge in [-0.15, -0.1) is 0 Å². The molecule has 108 valence electrons. The van der Waals surface area contributed by atoms with Crippen LogP contribution in [0.15, 0.2) is 18.2 Å². The van der Waals surface area contributed by atoms with E-state index in [1.807, 2.05) is 0 Å². The SMILES string of the molecule is Cc1ccc(C(C)(C)C)cc1C(C(C)CO)N(C)C. The summed E-state index contributed by atoms with van der Waals surface area (Å²) in [7, 11) is 4.17. The van der Waals surface area contributed by atoms with Crippen molar-refractivity contribution in [3.05, 3.63) is 34.9 Å². The van der Waals surface area contributed by atoms with Crippen LogP contribution in [0.4, 0.5) is 0 Å². The van der Waals surface area contributed by atoms with Gasteiger partial charge in [0, 0.05) is 12.6 Å². The Hall–Kier alpha value is -0.860. The van der Waals surface area contributed by atoms with E-state index in [9.17, 15) is 5.11 Å². The average Bonchev–Trinajstić information content (AvgIpc) is 2.29. The second-order valence-electron chi connectivity index (χ2n) is 6.89. The predicted molar refractivity (Wildman–Crippen MR) is 82.6 cm³/mol. The normalized spacial score (nSPS) is 15.6. The van der Waals surface area contributed by atoms with Gasteiger partial charge in [-0.1, -0.05) is 45.9 Å². The summed E-state index contributed by atoms with van der Waals surface area (Å²) in [4.78, 5) is 2.20. The molecule has 0 aliphatic heterocycles. The van der Waals surface area contributed by atoms with Gasteiger partial charge in [0.2, 0.25) is 0 Å². The zero-order valence-electron chi connectivity index (χ0n) is 13.5. The van der Waals surface area contributed by atoms with Gasteiger partial charge >= 0.3 is 0 Å². The van der Waals surface area contributed by atoms with Crippen molar-refractivity contribution in [2.75, 3.05) is 20.7 Å². The summed E-state index contributed by atoms with van der Waals surface area (Å²) in [6, 6.07) is 6.99. The first-order chi connectivity index (χ1) is 8.68. The Kier molecular flexibility index (Phi) is 5.17. The van der Waals surface area contributed by atoms with Crippen LogP contribution in [0.3, 0.4) is 0 Å². The smallest absolute Gasteiger partial charge is 0.0474 e. The Labute approximate surface area is 118 Å². The lowest BCUT2D eigenvalue weighted by Gasteiger charge is -2.32. The van der Waals surface area contributed by atoms with Crippen LogP contribution in [0.1, 0.15) is 50.4 Å². The van der Waals surface area contributed by atoms with E-state index in [2.05, 4.69) is 71.8 Å². The van der Waals surface area contributed by atoms with Gasteiger partial charge in [-0.2, -0.15) is 0 Å². The molecule has 2 unspecified atom stereocenters. The maximum Gasteiger partial charge on any atom is 0.0474 e. The first-order valence-electron chi connectivity index (χ1n) is 7.06. The third-order valence-electron chi connectivity index (χ3n) is 3.85. The lowest BCUT2D eigenvalue weighted by molar-refractivity contribution is 0.145. The van der Waals surface area contributed by atoms with E-state index < -0.39 is 0 Å². The van der Waals surface area contributed by atoms with Crippen LogP contribution in [-0.2, 0) is 5.41 Å². The zero-order valence-corrected chi connectivity index (χ0v) is 13.5. The van der Waals surface area contributed by atoms with Gasteiger partial charge in [-0.25, -0.2) is 0 Å². The molecule has 0 amide bonds. The monoisotopic (exact) mass is 263 g/mol. The summed E-state index contributed by atoms with van der Waals surface area (Å²) in [5.41, 5.74) is 4.14. The molecule has 0 radical (unpaired) electrons. The molecule has 2 heteroatoms. The van der Waals surface area contributed by atoms with Gasteiger partial charge in [0.05, 0.1) is 0 Å². The molecule has 0 bridgehead atoms. The van der Waals surface area contributed by atoms with Gasteiger partial charge < -0.3 is 10.0 Å². The Morgan fingerprint density at radius 2 is 1.79 bits per heavy atom. The predicted octanol–water partition coefficient (Wildman–Crippen LogP) is 3.52. The summed E-state index contributed by atoms with van der Waals surface area (Å²) >= 11 is 0. The number of rotatable bonds is 4. The molecular weight excluding hydrogens is 234 g/mol. The van der Waals surface area contributed by atoms with Crippen LogP contribution < -0.4 is 0 Å². The maximum atomic E-state index is 9.51. The summed E-state index contributed by atoms with van der Waals surface area (Å²) in [6.07, 6.45) is 0. The highest BCUT2D eigenvalue weighted by Crippen LogP contribution is 2.32. The van der Waals surface area contributed by atoms with Gasteiger partial charge in [0.25, 0.3) is 0 Å². The number of aliphatic hydroxyl groups is 1. The average molecular weight is 263 g/mol. The maximum absolute atomic E-state index is 9.51. The number of aryl methyl sites for hydroxylation is 1. The van der Waals surface area contributed by atoms with Crippen molar-refractivity contribution < 1.29 is 5.11 Å². The number of hydrogen-bond donors (Lipinski definition) is 1. The molecule has 0 saturated heterocycles. The Balaban J connectivity index is 3.30. The molecule has 0 fully saturated rings. The van der Waals surface area contributed by atoms with E-state index in [0.717, 1.165) is 0 Å². The molecule has 0 aliphatic rings. The zero-order chi connectivity index (χ0) is 14.8. The molecule has 0 saturated carbocycles. The number of nitrogens with zero attached hydrogens (tertiary/aromatic N) is 1. The minimum atomic E-state index is 0.155. The van der Waals surface area contributed by atoms with Crippen molar-refractivity contribution in [2.24, 2.45) is 5.92 Å². The van der Waals surface area contributed by atoms with Crippen molar-refractivity contribution in [3.63, 3.8) is 0 Å². The van der Waals surface area contributed by atoms with Crippen molar-refractivity contribution >= 4 is 0 Å². The van der Waals surface area contributed by atoms with Gasteiger partial charge in [-0.3, -0.25) is 0 Å². The highest BCUT2D eigenvalue weighted by atomic mass is 16.3. The van der Waals surface area contributed by atoms with Crippen molar-refractivity contribution in [1.29, 1.82) is 0 Å². The van der Waals surface area contributed by atoms with Crippen LogP contribution >= 0.6 is 0 Å². The van der Waals surface area contributed by atoms with Crippen LogP contribution in [-0.4, -0.2) is 30.7 Å². The second kappa shape index (κ2) is 6.06. The minimum absolute atomic E-state index is 0.155. The quantitative estimate of drug-likeness (QED) is 0.898. The van der Waals surface area contributed by atoms with Crippen LogP contribution in [0.5, 0.6) is 0 Å². The van der Waals surface area contributed by atoms with Crippen molar-refractivity contribution in [1.82, 2.24) is 4.90 Å². The Morgan fingerprint density at radius 1 is 1.21 bits per heavy atom. The van der Waals surface area contributed by atoms with Crippen LogP contribution in [0.2, 0.25) is 0 Å². The van der Waals surface area contributed by atoms with Gasteiger partial charge in [0.1, 0.15) is 0 Å². The first-order valence-corrected chi connectivity index (χ1v) is 7.06. The lowest BCUT2D eigenvalue weighted by atomic mass is 9.82. The van der Waals surface area contributed by atoms with E-state index in [1.165, 1.54) is 16.7 Å². The summed E-state index contributed by atoms with van der Waals surface area (Å²) in [6.45, 7) is 11.2. The summed E-state index contributed by atoms with van der Waals surface area (Å²) in [5.74, 6) is 0.226. The molecule has 0 aromatic heterocycles. The number of aliphatic hydroxyl groups excluding tert-OH is 1. The highest BCUT2D eigenvalue weighted by molar-refractivity contribution is 5.36. The minimum Gasteiger partial charge on any atom is -0.396 e. The molecule has 0 spiro atoms. The fourth-order valence-electron chi connectivity index (χ4n) is 2.62. The number of benzene rings is 1. The van der Waals surface area contributed by atoms with E-state index in [-0.39, 0.29) is 24.0 Å². The van der Waals surface area contributed by atoms with E-state index in [1.54, 1.807) is 0 Å². The fraction of sp³-hybridized carbons (Fsp3) is 0.647. The fourth-order valence-corrected chi connectivity index (χ4v) is 2.62.